The highest BCUT2D eigenvalue weighted by molar-refractivity contribution is 5.87. The molecule has 2 rings (SSSR count). The first-order valence-electron chi connectivity index (χ1n) is 8.26. The average Bonchev–Trinajstić information content (AvgIpc) is 2.87. The van der Waals surface area contributed by atoms with Gasteiger partial charge in [-0.15, -0.1) is 0 Å². The minimum absolute atomic E-state index is 0.189. The summed E-state index contributed by atoms with van der Waals surface area (Å²) in [5.74, 6) is 0. The molecular formula is C19H30N2. The van der Waals surface area contributed by atoms with Gasteiger partial charge in [-0.25, -0.2) is 0 Å². The Labute approximate surface area is 129 Å². The van der Waals surface area contributed by atoms with Crippen molar-refractivity contribution in [3.05, 3.63) is 29.5 Å². The van der Waals surface area contributed by atoms with Gasteiger partial charge in [-0.05, 0) is 41.2 Å². The van der Waals surface area contributed by atoms with Gasteiger partial charge >= 0.3 is 0 Å². The summed E-state index contributed by atoms with van der Waals surface area (Å²) in [6.07, 6.45) is 5.49. The maximum atomic E-state index is 4.56. The second kappa shape index (κ2) is 5.47. The molecule has 0 spiro atoms. The van der Waals surface area contributed by atoms with E-state index >= 15 is 0 Å². The van der Waals surface area contributed by atoms with Gasteiger partial charge in [-0.3, -0.25) is 4.68 Å². The van der Waals surface area contributed by atoms with Crippen molar-refractivity contribution in [3.63, 3.8) is 0 Å². The molecule has 0 atom stereocenters. The van der Waals surface area contributed by atoms with Gasteiger partial charge in [0.15, 0.2) is 0 Å². The van der Waals surface area contributed by atoms with Gasteiger partial charge in [0.25, 0.3) is 0 Å². The second-order valence-electron chi connectivity index (χ2n) is 7.20. The largest absolute Gasteiger partial charge is 0.268 e. The van der Waals surface area contributed by atoms with Crippen molar-refractivity contribution < 1.29 is 0 Å². The van der Waals surface area contributed by atoms with Crippen LogP contribution in [0.2, 0.25) is 0 Å². The van der Waals surface area contributed by atoms with Gasteiger partial charge in [0.05, 0.1) is 11.7 Å². The van der Waals surface area contributed by atoms with Crippen LogP contribution in [-0.2, 0) is 17.9 Å². The lowest BCUT2D eigenvalue weighted by molar-refractivity contribution is 0.440. The van der Waals surface area contributed by atoms with E-state index in [1.54, 1.807) is 0 Å². The van der Waals surface area contributed by atoms with E-state index in [-0.39, 0.29) is 10.8 Å². The van der Waals surface area contributed by atoms with Crippen molar-refractivity contribution in [3.8, 4) is 0 Å². The van der Waals surface area contributed by atoms with Gasteiger partial charge in [0.1, 0.15) is 0 Å². The van der Waals surface area contributed by atoms with E-state index in [1.807, 2.05) is 0 Å². The molecule has 0 saturated heterocycles. The Balaban J connectivity index is 2.79. The number of fused-ring (bicyclic) bond motifs is 1. The zero-order chi connectivity index (χ0) is 15.8. The molecule has 0 bridgehead atoms. The summed E-state index contributed by atoms with van der Waals surface area (Å²) in [6.45, 7) is 13.9. The van der Waals surface area contributed by atoms with Gasteiger partial charge < -0.3 is 0 Å². The van der Waals surface area contributed by atoms with Crippen molar-refractivity contribution in [2.24, 2.45) is 7.05 Å². The normalized spacial score (nSPS) is 13.1. The van der Waals surface area contributed by atoms with Crippen molar-refractivity contribution in [1.82, 2.24) is 9.78 Å². The smallest absolute Gasteiger partial charge is 0.0719 e. The summed E-state index contributed by atoms with van der Waals surface area (Å²) < 4.78 is 2.06. The Morgan fingerprint density at radius 1 is 0.952 bits per heavy atom. The fraction of sp³-hybridized carbons (Fsp3) is 0.632. The van der Waals surface area contributed by atoms with Gasteiger partial charge in [-0.1, -0.05) is 53.7 Å². The summed E-state index contributed by atoms with van der Waals surface area (Å²) in [4.78, 5) is 0. The molecule has 2 nitrogen and oxygen atoms in total. The molecule has 0 N–H and O–H groups in total. The molecule has 2 heteroatoms. The van der Waals surface area contributed by atoms with Crippen molar-refractivity contribution >= 4 is 10.9 Å². The molecular weight excluding hydrogens is 256 g/mol. The third-order valence-corrected chi connectivity index (χ3v) is 5.72. The zero-order valence-electron chi connectivity index (χ0n) is 14.7. The zero-order valence-corrected chi connectivity index (χ0v) is 14.7. The second-order valence-corrected chi connectivity index (χ2v) is 7.20. The van der Waals surface area contributed by atoms with E-state index in [9.17, 15) is 0 Å². The number of aromatic nitrogens is 2. The molecule has 0 aliphatic carbocycles. The number of aryl methyl sites for hydroxylation is 1. The molecule has 116 valence electrons. The Bertz CT molecular complexity index is 630. The van der Waals surface area contributed by atoms with Crippen LogP contribution >= 0.6 is 0 Å². The summed E-state index contributed by atoms with van der Waals surface area (Å²) in [6, 6.07) is 4.69. The van der Waals surface area contributed by atoms with Gasteiger partial charge in [0.2, 0.25) is 0 Å². The lowest BCUT2D eigenvalue weighted by atomic mass is 9.74. The predicted molar refractivity (Wildman–Crippen MR) is 92.0 cm³/mol. The average molecular weight is 286 g/mol. The number of hydrogen-bond acceptors (Lipinski definition) is 1. The minimum Gasteiger partial charge on any atom is -0.268 e. The molecule has 2 aromatic rings. The van der Waals surface area contributed by atoms with E-state index in [2.05, 4.69) is 76.7 Å². The maximum Gasteiger partial charge on any atom is 0.0719 e. The fourth-order valence-corrected chi connectivity index (χ4v) is 3.19. The lowest BCUT2D eigenvalue weighted by Gasteiger charge is -2.31. The SMILES string of the molecule is CCC(C)(C)c1ccc(C(C)(CC)CC)c2c1cnn2C. The van der Waals surface area contributed by atoms with Crippen LogP contribution < -0.4 is 0 Å². The molecule has 0 saturated carbocycles. The summed E-state index contributed by atoms with van der Waals surface area (Å²) in [7, 11) is 2.07. The van der Waals surface area contributed by atoms with Crippen molar-refractivity contribution in [2.75, 3.05) is 0 Å². The molecule has 0 radical (unpaired) electrons. The maximum absolute atomic E-state index is 4.56. The molecule has 0 aliphatic rings. The first-order valence-corrected chi connectivity index (χ1v) is 8.26. The molecule has 0 unspecified atom stereocenters. The molecule has 0 amide bonds. The van der Waals surface area contributed by atoms with E-state index in [0.717, 1.165) is 19.3 Å². The lowest BCUT2D eigenvalue weighted by Crippen LogP contribution is -2.22. The Kier molecular flexibility index (Phi) is 4.19. The molecule has 0 aliphatic heterocycles. The van der Waals surface area contributed by atoms with Crippen molar-refractivity contribution in [2.45, 2.75) is 71.6 Å². The Morgan fingerprint density at radius 3 is 2.05 bits per heavy atom. The first kappa shape index (κ1) is 16.1. The molecule has 1 heterocycles. The van der Waals surface area contributed by atoms with Crippen LogP contribution in [0.5, 0.6) is 0 Å². The fourth-order valence-electron chi connectivity index (χ4n) is 3.19. The summed E-state index contributed by atoms with van der Waals surface area (Å²) in [5.41, 5.74) is 4.60. The topological polar surface area (TPSA) is 17.8 Å². The highest BCUT2D eigenvalue weighted by Gasteiger charge is 2.29. The van der Waals surface area contributed by atoms with Crippen LogP contribution in [0.4, 0.5) is 0 Å². The highest BCUT2D eigenvalue weighted by Crippen LogP contribution is 2.40. The number of nitrogens with zero attached hydrogens (tertiary/aromatic N) is 2. The number of benzene rings is 1. The van der Waals surface area contributed by atoms with E-state index < -0.39 is 0 Å². The van der Waals surface area contributed by atoms with E-state index in [0.29, 0.717) is 0 Å². The minimum atomic E-state index is 0.189. The predicted octanol–water partition coefficient (Wildman–Crippen LogP) is 5.34. The number of hydrogen-bond donors (Lipinski definition) is 0. The first-order chi connectivity index (χ1) is 9.80. The van der Waals surface area contributed by atoms with E-state index in [4.69, 9.17) is 0 Å². The molecule has 1 aromatic carbocycles. The number of rotatable bonds is 5. The van der Waals surface area contributed by atoms with Crippen LogP contribution in [0.3, 0.4) is 0 Å². The molecule has 1 aromatic heterocycles. The highest BCUT2D eigenvalue weighted by atomic mass is 15.2. The van der Waals surface area contributed by atoms with E-state index in [1.165, 1.54) is 22.0 Å². The monoisotopic (exact) mass is 286 g/mol. The van der Waals surface area contributed by atoms with Gasteiger partial charge in [0, 0.05) is 12.4 Å². The quantitative estimate of drug-likeness (QED) is 0.725. The van der Waals surface area contributed by atoms with Crippen LogP contribution in [0.1, 0.15) is 71.9 Å². The Morgan fingerprint density at radius 2 is 1.52 bits per heavy atom. The van der Waals surface area contributed by atoms with Crippen LogP contribution in [0.25, 0.3) is 10.9 Å². The standard InChI is InChI=1S/C19H30N2/c1-8-18(4,5)15-11-12-16(19(6,9-2)10-3)17-14(15)13-20-21(17)7/h11-13H,8-10H2,1-7H3. The summed E-state index contributed by atoms with van der Waals surface area (Å²) >= 11 is 0. The molecule has 21 heavy (non-hydrogen) atoms. The van der Waals surface area contributed by atoms with Crippen molar-refractivity contribution in [1.29, 1.82) is 0 Å². The van der Waals surface area contributed by atoms with Crippen LogP contribution in [-0.4, -0.2) is 9.78 Å². The summed E-state index contributed by atoms with van der Waals surface area (Å²) in [5, 5.41) is 5.89. The molecule has 0 fully saturated rings. The third-order valence-electron chi connectivity index (χ3n) is 5.72. The van der Waals surface area contributed by atoms with Gasteiger partial charge in [-0.2, -0.15) is 5.10 Å². The third kappa shape index (κ3) is 2.49. The Hall–Kier alpha value is -1.31. The van der Waals surface area contributed by atoms with Crippen LogP contribution in [0.15, 0.2) is 18.3 Å². The van der Waals surface area contributed by atoms with Crippen LogP contribution in [0, 0.1) is 0 Å².